The van der Waals surface area contributed by atoms with Crippen molar-refractivity contribution >= 4 is 27.6 Å². The lowest BCUT2D eigenvalue weighted by Gasteiger charge is -2.18. The van der Waals surface area contributed by atoms with E-state index < -0.39 is 28.1 Å². The highest BCUT2D eigenvalue weighted by Crippen LogP contribution is 2.28. The Balaban J connectivity index is 3.15. The Labute approximate surface area is 134 Å². The smallest absolute Gasteiger partial charge is 0.321 e. The van der Waals surface area contributed by atoms with E-state index in [1.807, 2.05) is 4.72 Å². The summed E-state index contributed by atoms with van der Waals surface area (Å²) in [6.07, 6.45) is -0.392. The average molecular weight is 352 g/mol. The Kier molecular flexibility index (Phi) is 6.61. The van der Waals surface area contributed by atoms with E-state index in [-0.39, 0.29) is 22.3 Å². The molecule has 1 rings (SSSR count). The monoisotopic (exact) mass is 351 g/mol. The zero-order valence-corrected chi connectivity index (χ0v) is 13.9. The van der Waals surface area contributed by atoms with Crippen molar-refractivity contribution in [3.8, 4) is 5.75 Å². The second-order valence-electron chi connectivity index (χ2n) is 4.66. The normalized spacial score (nSPS) is 14.4. The average Bonchev–Trinajstić information content (AvgIpc) is 2.40. The molecule has 0 spiro atoms. The Bertz CT molecular complexity index is 633. The molecule has 0 saturated carbocycles. The van der Waals surface area contributed by atoms with Gasteiger partial charge in [-0.1, -0.05) is 11.6 Å². The first-order valence-electron chi connectivity index (χ1n) is 6.37. The molecule has 0 bridgehead atoms. The SMILES string of the molecule is COCC(C)Oc1ccc(Cl)cc1S(=O)(=O)N[C@H](C)C(=O)O. The third kappa shape index (κ3) is 5.13. The third-order valence-corrected chi connectivity index (χ3v) is 4.42. The number of carboxylic acids is 1. The number of carbonyl (C=O) groups is 1. The van der Waals surface area contributed by atoms with Crippen molar-refractivity contribution in [1.29, 1.82) is 0 Å². The number of hydrogen-bond donors (Lipinski definition) is 2. The molecule has 2 N–H and O–H groups in total. The van der Waals surface area contributed by atoms with Gasteiger partial charge >= 0.3 is 5.97 Å². The first-order valence-corrected chi connectivity index (χ1v) is 8.23. The fourth-order valence-electron chi connectivity index (χ4n) is 1.62. The molecule has 0 aliphatic rings. The van der Waals surface area contributed by atoms with Crippen molar-refractivity contribution < 1.29 is 27.8 Å². The second kappa shape index (κ2) is 7.77. The van der Waals surface area contributed by atoms with Crippen LogP contribution in [0.1, 0.15) is 13.8 Å². The minimum atomic E-state index is -4.10. The molecular weight excluding hydrogens is 334 g/mol. The largest absolute Gasteiger partial charge is 0.487 e. The Morgan fingerprint density at radius 1 is 1.41 bits per heavy atom. The molecule has 0 aliphatic heterocycles. The molecule has 124 valence electrons. The number of sulfonamides is 1. The van der Waals surface area contributed by atoms with E-state index in [1.54, 1.807) is 6.92 Å². The number of methoxy groups -OCH3 is 1. The highest BCUT2D eigenvalue weighted by Gasteiger charge is 2.25. The molecule has 7 nitrogen and oxygen atoms in total. The van der Waals surface area contributed by atoms with Crippen LogP contribution in [0.5, 0.6) is 5.75 Å². The Morgan fingerprint density at radius 3 is 2.59 bits per heavy atom. The number of nitrogens with one attached hydrogen (secondary N) is 1. The topological polar surface area (TPSA) is 102 Å². The van der Waals surface area contributed by atoms with Crippen molar-refractivity contribution in [3.63, 3.8) is 0 Å². The second-order valence-corrected chi connectivity index (χ2v) is 6.77. The van der Waals surface area contributed by atoms with Crippen molar-refractivity contribution in [2.75, 3.05) is 13.7 Å². The van der Waals surface area contributed by atoms with E-state index in [2.05, 4.69) is 0 Å². The number of benzene rings is 1. The molecule has 1 aromatic carbocycles. The number of halogens is 1. The fraction of sp³-hybridized carbons (Fsp3) is 0.462. The molecule has 0 saturated heterocycles. The molecule has 0 amide bonds. The lowest BCUT2D eigenvalue weighted by Crippen LogP contribution is -2.38. The van der Waals surface area contributed by atoms with Gasteiger partial charge in [-0.25, -0.2) is 8.42 Å². The van der Waals surface area contributed by atoms with Crippen LogP contribution in [0.3, 0.4) is 0 Å². The Hall–Kier alpha value is -1.35. The number of aliphatic carboxylic acids is 1. The van der Waals surface area contributed by atoms with Gasteiger partial charge in [0.2, 0.25) is 10.0 Å². The molecule has 0 aromatic heterocycles. The van der Waals surface area contributed by atoms with Gasteiger partial charge < -0.3 is 14.6 Å². The summed E-state index contributed by atoms with van der Waals surface area (Å²) in [4.78, 5) is 10.6. The lowest BCUT2D eigenvalue weighted by molar-refractivity contribution is -0.138. The van der Waals surface area contributed by atoms with Crippen LogP contribution in [0.2, 0.25) is 5.02 Å². The number of carboxylic acid groups (broad SMARTS) is 1. The summed E-state index contributed by atoms with van der Waals surface area (Å²) < 4.78 is 37.1. The maximum Gasteiger partial charge on any atom is 0.321 e. The van der Waals surface area contributed by atoms with Crippen LogP contribution in [0.15, 0.2) is 23.1 Å². The van der Waals surface area contributed by atoms with E-state index in [0.717, 1.165) is 0 Å². The van der Waals surface area contributed by atoms with Gasteiger partial charge in [0.15, 0.2) is 0 Å². The summed E-state index contributed by atoms with van der Waals surface area (Å²) >= 11 is 5.83. The predicted molar refractivity (Wildman–Crippen MR) is 80.8 cm³/mol. The van der Waals surface area contributed by atoms with Crippen LogP contribution in [0, 0.1) is 0 Å². The molecule has 0 heterocycles. The van der Waals surface area contributed by atoms with Gasteiger partial charge in [-0.15, -0.1) is 0 Å². The number of ether oxygens (including phenoxy) is 2. The standard InChI is InChI=1S/C13H18ClNO6S/c1-8(7-20-3)21-11-5-4-10(14)6-12(11)22(18,19)15-9(2)13(16)17/h4-6,8-9,15H,7H2,1-3H3,(H,16,17)/t8?,9-/m1/s1. The first-order chi connectivity index (χ1) is 10.2. The number of rotatable bonds is 8. The summed E-state index contributed by atoms with van der Waals surface area (Å²) in [6, 6.07) is 2.81. The highest BCUT2D eigenvalue weighted by atomic mass is 35.5. The minimum Gasteiger partial charge on any atom is -0.487 e. The maximum atomic E-state index is 12.3. The molecule has 1 aromatic rings. The van der Waals surface area contributed by atoms with E-state index >= 15 is 0 Å². The number of hydrogen-bond acceptors (Lipinski definition) is 5. The first kappa shape index (κ1) is 18.7. The maximum absolute atomic E-state index is 12.3. The molecule has 0 aliphatic carbocycles. The van der Waals surface area contributed by atoms with Gasteiger partial charge in [-0.2, -0.15) is 4.72 Å². The van der Waals surface area contributed by atoms with Gasteiger partial charge in [0, 0.05) is 12.1 Å². The van der Waals surface area contributed by atoms with Gasteiger partial charge in [-0.05, 0) is 32.0 Å². The van der Waals surface area contributed by atoms with E-state index in [4.69, 9.17) is 26.2 Å². The summed E-state index contributed by atoms with van der Waals surface area (Å²) in [7, 11) is -2.60. The lowest BCUT2D eigenvalue weighted by atomic mass is 10.3. The van der Waals surface area contributed by atoms with E-state index in [9.17, 15) is 13.2 Å². The van der Waals surface area contributed by atoms with Crippen molar-refractivity contribution in [2.45, 2.75) is 30.9 Å². The molecule has 1 unspecified atom stereocenters. The van der Waals surface area contributed by atoms with Gasteiger partial charge in [0.25, 0.3) is 0 Å². The van der Waals surface area contributed by atoms with E-state index in [1.165, 1.54) is 32.2 Å². The van der Waals surface area contributed by atoms with Crippen molar-refractivity contribution in [1.82, 2.24) is 4.72 Å². The predicted octanol–water partition coefficient (Wildman–Crippen LogP) is 1.51. The summed E-state index contributed by atoms with van der Waals surface area (Å²) in [6.45, 7) is 3.20. The van der Waals surface area contributed by atoms with Crippen molar-refractivity contribution in [3.05, 3.63) is 23.2 Å². The molecule has 0 radical (unpaired) electrons. The van der Waals surface area contributed by atoms with Gasteiger partial charge in [-0.3, -0.25) is 4.79 Å². The van der Waals surface area contributed by atoms with Crippen LogP contribution < -0.4 is 9.46 Å². The molecular formula is C13H18ClNO6S. The van der Waals surface area contributed by atoms with Crippen LogP contribution in [-0.2, 0) is 19.6 Å². The minimum absolute atomic E-state index is 0.0686. The van der Waals surface area contributed by atoms with Crippen LogP contribution in [0.25, 0.3) is 0 Å². The zero-order chi connectivity index (χ0) is 16.9. The highest BCUT2D eigenvalue weighted by molar-refractivity contribution is 7.89. The third-order valence-electron chi connectivity index (χ3n) is 2.63. The van der Waals surface area contributed by atoms with Crippen LogP contribution in [-0.4, -0.2) is 45.4 Å². The molecule has 2 atom stereocenters. The molecule has 22 heavy (non-hydrogen) atoms. The Morgan fingerprint density at radius 2 is 2.05 bits per heavy atom. The van der Waals surface area contributed by atoms with E-state index in [0.29, 0.717) is 0 Å². The van der Waals surface area contributed by atoms with Crippen LogP contribution >= 0.6 is 11.6 Å². The summed E-state index contributed by atoms with van der Waals surface area (Å²) in [5.74, 6) is -1.22. The molecule has 0 fully saturated rings. The summed E-state index contributed by atoms with van der Waals surface area (Å²) in [5, 5.41) is 9.02. The van der Waals surface area contributed by atoms with Gasteiger partial charge in [0.05, 0.1) is 6.61 Å². The molecule has 9 heteroatoms. The van der Waals surface area contributed by atoms with Gasteiger partial charge in [0.1, 0.15) is 22.8 Å². The quantitative estimate of drug-likeness (QED) is 0.736. The zero-order valence-electron chi connectivity index (χ0n) is 12.4. The summed E-state index contributed by atoms with van der Waals surface area (Å²) in [5.41, 5.74) is 0. The van der Waals surface area contributed by atoms with Crippen molar-refractivity contribution in [2.24, 2.45) is 0 Å². The fourth-order valence-corrected chi connectivity index (χ4v) is 3.21. The van der Waals surface area contributed by atoms with Crippen LogP contribution in [0.4, 0.5) is 0 Å².